The Kier molecular flexibility index (Phi) is 9.90. The van der Waals surface area contributed by atoms with Gasteiger partial charge in [0, 0.05) is 29.2 Å². The summed E-state index contributed by atoms with van der Waals surface area (Å²) in [4.78, 5) is 39.0. The van der Waals surface area contributed by atoms with Gasteiger partial charge in [0.2, 0.25) is 0 Å². The van der Waals surface area contributed by atoms with Crippen molar-refractivity contribution in [3.8, 4) is 21.6 Å². The van der Waals surface area contributed by atoms with Gasteiger partial charge in [-0.25, -0.2) is 9.63 Å². The first-order valence-corrected chi connectivity index (χ1v) is 20.8. The van der Waals surface area contributed by atoms with Gasteiger partial charge in [0.1, 0.15) is 11.6 Å². The van der Waals surface area contributed by atoms with E-state index in [1.165, 1.54) is 48.9 Å². The minimum Gasteiger partial charge on any atom is -0.444 e. The number of amides is 2. The summed E-state index contributed by atoms with van der Waals surface area (Å²) in [6, 6.07) is 33.0. The van der Waals surface area contributed by atoms with Gasteiger partial charge >= 0.3 is 6.09 Å². The highest BCUT2D eigenvalue weighted by molar-refractivity contribution is 7.16. The van der Waals surface area contributed by atoms with E-state index in [-0.39, 0.29) is 12.5 Å². The number of benzene rings is 4. The molecule has 0 bridgehead atoms. The normalized spacial score (nSPS) is 18.8. The average molecular weight is 765 g/mol. The lowest BCUT2D eigenvalue weighted by Gasteiger charge is -2.39. The number of rotatable bonds is 6. The van der Waals surface area contributed by atoms with Crippen LogP contribution in [-0.2, 0) is 51.3 Å². The number of carbonyl (C=O) groups is 2. The molecule has 2 atom stereocenters. The molecule has 7 nitrogen and oxygen atoms in total. The third-order valence-corrected chi connectivity index (χ3v) is 12.6. The number of allylic oxidation sites excluding steroid dienone is 1. The van der Waals surface area contributed by atoms with Crippen molar-refractivity contribution in [1.29, 1.82) is 0 Å². The van der Waals surface area contributed by atoms with E-state index in [9.17, 15) is 9.59 Å². The molecule has 2 aliphatic heterocycles. The highest BCUT2D eigenvalue weighted by atomic mass is 32.1. The molecule has 9 rings (SSSR count). The molecular formula is C48H48N2O5S. The van der Waals surface area contributed by atoms with Crippen LogP contribution in [0.15, 0.2) is 97.1 Å². The molecule has 0 radical (unpaired) electrons. The molecule has 4 aliphatic rings. The van der Waals surface area contributed by atoms with Gasteiger partial charge in [-0.1, -0.05) is 78.9 Å². The Morgan fingerprint density at radius 1 is 0.786 bits per heavy atom. The molecule has 2 aliphatic carbocycles. The Labute approximate surface area is 333 Å². The quantitative estimate of drug-likeness (QED) is 0.161. The topological polar surface area (TPSA) is 68.3 Å². The van der Waals surface area contributed by atoms with E-state index in [0.29, 0.717) is 25.1 Å². The molecule has 286 valence electrons. The van der Waals surface area contributed by atoms with Gasteiger partial charge in [0.05, 0.1) is 12.2 Å². The molecule has 0 spiro atoms. The van der Waals surface area contributed by atoms with Crippen LogP contribution in [0.25, 0.3) is 33.2 Å². The summed E-state index contributed by atoms with van der Waals surface area (Å²) >= 11 is 1.77. The first-order valence-electron chi connectivity index (χ1n) is 20.0. The largest absolute Gasteiger partial charge is 0.444 e. The van der Waals surface area contributed by atoms with Crippen LogP contribution in [-0.4, -0.2) is 41.4 Å². The molecule has 0 N–H and O–H groups in total. The highest BCUT2D eigenvalue weighted by Crippen LogP contribution is 2.43. The number of hydroxylamine groups is 1. The predicted molar refractivity (Wildman–Crippen MR) is 223 cm³/mol. The van der Waals surface area contributed by atoms with Crippen molar-refractivity contribution in [2.75, 3.05) is 11.7 Å². The Hall–Kier alpha value is -5.02. The summed E-state index contributed by atoms with van der Waals surface area (Å²) in [6.45, 7) is 6.36. The lowest BCUT2D eigenvalue weighted by atomic mass is 9.78. The maximum Gasteiger partial charge on any atom is 0.411 e. The van der Waals surface area contributed by atoms with Gasteiger partial charge in [-0.2, -0.15) is 5.06 Å². The van der Waals surface area contributed by atoms with Crippen molar-refractivity contribution < 1.29 is 23.9 Å². The molecule has 1 saturated heterocycles. The third-order valence-electron chi connectivity index (χ3n) is 11.4. The Morgan fingerprint density at radius 2 is 1.57 bits per heavy atom. The minimum atomic E-state index is -0.832. The van der Waals surface area contributed by atoms with E-state index in [0.717, 1.165) is 60.1 Å². The molecule has 1 aromatic heterocycles. The second kappa shape index (κ2) is 15.1. The van der Waals surface area contributed by atoms with Gasteiger partial charge in [-0.05, 0) is 139 Å². The average Bonchev–Trinajstić information content (AvgIpc) is 3.72. The fourth-order valence-electron chi connectivity index (χ4n) is 8.65. The zero-order valence-corrected chi connectivity index (χ0v) is 33.2. The van der Waals surface area contributed by atoms with Crippen LogP contribution in [0, 0.1) is 0 Å². The summed E-state index contributed by atoms with van der Waals surface area (Å²) in [6.07, 6.45) is 8.46. The lowest BCUT2D eigenvalue weighted by molar-refractivity contribution is -0.179. The van der Waals surface area contributed by atoms with E-state index < -0.39 is 24.0 Å². The zero-order chi connectivity index (χ0) is 38.4. The van der Waals surface area contributed by atoms with E-state index in [1.807, 2.05) is 63.2 Å². The number of carbonyl (C=O) groups excluding carboxylic acids is 2. The number of ether oxygens (including phenoxy) is 2. The van der Waals surface area contributed by atoms with Gasteiger partial charge < -0.3 is 9.47 Å². The molecule has 1 unspecified atom stereocenters. The fraction of sp³-hybridized carbons (Fsp3) is 0.333. The number of aryl methyl sites for hydroxylation is 1. The number of hydrogen-bond acceptors (Lipinski definition) is 6. The molecular weight excluding hydrogens is 717 g/mol. The van der Waals surface area contributed by atoms with E-state index in [2.05, 4.69) is 60.7 Å². The van der Waals surface area contributed by atoms with Crippen molar-refractivity contribution >= 4 is 40.7 Å². The van der Waals surface area contributed by atoms with Crippen LogP contribution in [0.1, 0.15) is 84.7 Å². The Morgan fingerprint density at radius 3 is 2.39 bits per heavy atom. The van der Waals surface area contributed by atoms with Crippen LogP contribution in [0.3, 0.4) is 0 Å². The van der Waals surface area contributed by atoms with Gasteiger partial charge in [0.25, 0.3) is 5.91 Å². The van der Waals surface area contributed by atoms with E-state index >= 15 is 0 Å². The molecule has 3 heterocycles. The van der Waals surface area contributed by atoms with Crippen LogP contribution < -0.4 is 5.06 Å². The Bertz CT molecular complexity index is 2330. The monoisotopic (exact) mass is 764 g/mol. The number of fused-ring (bicyclic) bond motifs is 6. The Balaban J connectivity index is 1.01. The third kappa shape index (κ3) is 7.34. The van der Waals surface area contributed by atoms with Gasteiger partial charge in [-0.3, -0.25) is 9.69 Å². The maximum absolute atomic E-state index is 14.9. The smallest absolute Gasteiger partial charge is 0.411 e. The second-order valence-electron chi connectivity index (χ2n) is 16.3. The molecule has 56 heavy (non-hydrogen) atoms. The summed E-state index contributed by atoms with van der Waals surface area (Å²) < 4.78 is 11.8. The number of anilines is 1. The molecule has 4 aromatic carbocycles. The first-order chi connectivity index (χ1) is 27.2. The SMILES string of the molecule is CC(C)(C)OC(=O)N1Cc2ccccc2C[C@H]1C(=O)N(OC1CCCCO1)c1cccc(-c2ccc(C3=Cc4ccc5c(c4CC3)CCc3ccccc3-5)s2)c1. The van der Waals surface area contributed by atoms with E-state index in [4.69, 9.17) is 14.3 Å². The number of nitrogens with zero attached hydrogens (tertiary/aromatic N) is 2. The summed E-state index contributed by atoms with van der Waals surface area (Å²) in [7, 11) is 0. The van der Waals surface area contributed by atoms with Gasteiger partial charge in [0.15, 0.2) is 6.29 Å². The minimum absolute atomic E-state index is 0.268. The maximum atomic E-state index is 14.9. The molecule has 8 heteroatoms. The van der Waals surface area contributed by atoms with Crippen molar-refractivity contribution in [1.82, 2.24) is 4.90 Å². The van der Waals surface area contributed by atoms with Crippen molar-refractivity contribution in [3.63, 3.8) is 0 Å². The van der Waals surface area contributed by atoms with Crippen LogP contribution in [0.2, 0.25) is 0 Å². The van der Waals surface area contributed by atoms with Crippen molar-refractivity contribution in [2.45, 2.75) is 96.6 Å². The molecule has 1 fully saturated rings. The summed E-state index contributed by atoms with van der Waals surface area (Å²) in [5.41, 5.74) is 12.9. The number of thiophene rings is 1. The fourth-order valence-corrected chi connectivity index (χ4v) is 9.69. The van der Waals surface area contributed by atoms with Crippen molar-refractivity contribution in [2.24, 2.45) is 0 Å². The molecule has 5 aromatic rings. The highest BCUT2D eigenvalue weighted by Gasteiger charge is 2.41. The van der Waals surface area contributed by atoms with Gasteiger partial charge in [-0.15, -0.1) is 11.3 Å². The predicted octanol–water partition coefficient (Wildman–Crippen LogP) is 10.8. The zero-order valence-electron chi connectivity index (χ0n) is 32.4. The van der Waals surface area contributed by atoms with Crippen LogP contribution >= 0.6 is 11.3 Å². The summed E-state index contributed by atoms with van der Waals surface area (Å²) in [5, 5.41) is 1.38. The standard InChI is InChI=1S/C48H48N2O5S/c1-48(2,3)54-47(52)49-30-36-13-5-4-12-32(36)29-42(49)46(51)50(55-45-17-8-9-26-53-45)37-15-10-14-34(28-37)43-24-25-44(56-43)35-20-21-39-33(27-35)19-23-40-38-16-7-6-11-31(38)18-22-41(39)40/h4-7,10-16,19,23-25,27-28,42,45H,8-9,17-18,20-22,26,29-30H2,1-3H3/t42-,45?/m0/s1. The van der Waals surface area contributed by atoms with Crippen LogP contribution in [0.4, 0.5) is 10.5 Å². The second-order valence-corrected chi connectivity index (χ2v) is 17.4. The lowest BCUT2D eigenvalue weighted by Crippen LogP contribution is -2.55. The van der Waals surface area contributed by atoms with E-state index in [1.54, 1.807) is 16.2 Å². The van der Waals surface area contributed by atoms with Crippen LogP contribution in [0.5, 0.6) is 0 Å². The first kappa shape index (κ1) is 36.6. The molecule has 0 saturated carbocycles. The molecule has 2 amide bonds. The summed E-state index contributed by atoms with van der Waals surface area (Å²) in [5.74, 6) is -0.333. The number of hydrogen-bond donors (Lipinski definition) is 0. The van der Waals surface area contributed by atoms with Crippen molar-refractivity contribution in [3.05, 3.63) is 135 Å².